The highest BCUT2D eigenvalue weighted by Gasteiger charge is 2.18. The Morgan fingerprint density at radius 1 is 1.06 bits per heavy atom. The molecular weight excluding hydrogens is 456 g/mol. The minimum atomic E-state index is -0.223. The molecule has 3 aromatic rings. The maximum Gasteiger partial charge on any atom is 0.297 e. The first kappa shape index (κ1) is 26.9. The maximum atomic E-state index is 12.8. The Bertz CT molecular complexity index is 1190. The summed E-state index contributed by atoms with van der Waals surface area (Å²) in [5.41, 5.74) is 2.50. The van der Waals surface area contributed by atoms with Gasteiger partial charge < -0.3 is 19.5 Å². The molecule has 7 nitrogen and oxygen atoms in total. The van der Waals surface area contributed by atoms with Crippen molar-refractivity contribution in [3.63, 3.8) is 0 Å². The molecule has 1 aromatic heterocycles. The van der Waals surface area contributed by atoms with Crippen LogP contribution in [0.15, 0.2) is 89.9 Å². The number of benzene rings is 2. The highest BCUT2D eigenvalue weighted by Crippen LogP contribution is 2.27. The first-order valence-corrected chi connectivity index (χ1v) is 12.0. The molecule has 1 heterocycles. The third-order valence-corrected chi connectivity index (χ3v) is 6.03. The van der Waals surface area contributed by atoms with Gasteiger partial charge in [0.2, 0.25) is 5.91 Å². The third-order valence-electron chi connectivity index (χ3n) is 6.03. The second-order valence-corrected chi connectivity index (χ2v) is 8.52. The van der Waals surface area contributed by atoms with Crippen LogP contribution in [-0.4, -0.2) is 47.9 Å². The predicted octanol–water partition coefficient (Wildman–Crippen LogP) is 4.14. The fourth-order valence-electron chi connectivity index (χ4n) is 4.14. The van der Waals surface area contributed by atoms with Crippen molar-refractivity contribution in [2.75, 3.05) is 27.4 Å². The summed E-state index contributed by atoms with van der Waals surface area (Å²) in [5.74, 6) is 0.248. The van der Waals surface area contributed by atoms with E-state index >= 15 is 0 Å². The standard InChI is InChI=1S/C29H34N2O5/c1-22(9-7-13-27(33)30(19-20-32)21-23-10-5-4-6-11-23)28(36-3)24-14-16-25(17-15-24)31-18-8-12-26(35-2)29(31)34/h4-12,14-18,22,28,32H,13,19-21H2,1-3H3/b9-7+/t22-,28+/m0/s1. The van der Waals surface area contributed by atoms with E-state index in [2.05, 4.69) is 0 Å². The minimum Gasteiger partial charge on any atom is -0.491 e. The molecule has 0 spiro atoms. The van der Waals surface area contributed by atoms with Crippen molar-refractivity contribution in [1.82, 2.24) is 9.47 Å². The van der Waals surface area contributed by atoms with Gasteiger partial charge in [0.05, 0.1) is 19.8 Å². The Labute approximate surface area is 212 Å². The second kappa shape index (κ2) is 13.4. The first-order chi connectivity index (χ1) is 17.5. The van der Waals surface area contributed by atoms with Crippen LogP contribution in [0.2, 0.25) is 0 Å². The van der Waals surface area contributed by atoms with E-state index in [1.807, 2.05) is 73.7 Å². The third kappa shape index (κ3) is 6.93. The molecular formula is C29H34N2O5. The summed E-state index contributed by atoms with van der Waals surface area (Å²) < 4.78 is 12.4. The van der Waals surface area contributed by atoms with Gasteiger partial charge in [-0.3, -0.25) is 14.2 Å². The highest BCUT2D eigenvalue weighted by atomic mass is 16.5. The molecule has 0 aliphatic carbocycles. The quantitative estimate of drug-likeness (QED) is 0.386. The summed E-state index contributed by atoms with van der Waals surface area (Å²) in [5, 5.41) is 9.39. The number of carbonyl (C=O) groups excluding carboxylic acids is 1. The molecule has 1 N–H and O–H groups in total. The number of aromatic nitrogens is 1. The Morgan fingerprint density at radius 2 is 1.78 bits per heavy atom. The normalized spacial score (nSPS) is 12.9. The van der Waals surface area contributed by atoms with Gasteiger partial charge in [-0.2, -0.15) is 0 Å². The van der Waals surface area contributed by atoms with Crippen molar-refractivity contribution in [3.8, 4) is 11.4 Å². The summed E-state index contributed by atoms with van der Waals surface area (Å²) in [6.07, 6.45) is 5.56. The average Bonchev–Trinajstić information content (AvgIpc) is 2.90. The lowest BCUT2D eigenvalue weighted by atomic mass is 9.96. The van der Waals surface area contributed by atoms with Crippen LogP contribution in [0.25, 0.3) is 5.69 Å². The molecule has 2 atom stereocenters. The molecule has 36 heavy (non-hydrogen) atoms. The Balaban J connectivity index is 1.65. The number of nitrogens with zero attached hydrogens (tertiary/aromatic N) is 2. The number of aliphatic hydroxyl groups is 1. The smallest absolute Gasteiger partial charge is 0.297 e. The van der Waals surface area contributed by atoms with Crippen molar-refractivity contribution in [3.05, 3.63) is 107 Å². The van der Waals surface area contributed by atoms with E-state index in [9.17, 15) is 14.7 Å². The van der Waals surface area contributed by atoms with Crippen LogP contribution in [0.5, 0.6) is 5.75 Å². The zero-order valence-electron chi connectivity index (χ0n) is 21.0. The first-order valence-electron chi connectivity index (χ1n) is 12.0. The van der Waals surface area contributed by atoms with Crippen LogP contribution in [0, 0.1) is 5.92 Å². The van der Waals surface area contributed by atoms with Gasteiger partial charge in [-0.1, -0.05) is 61.5 Å². The molecule has 0 aliphatic heterocycles. The molecule has 0 fully saturated rings. The number of amides is 1. The van der Waals surface area contributed by atoms with Gasteiger partial charge in [0, 0.05) is 44.4 Å². The zero-order chi connectivity index (χ0) is 25.9. The molecule has 3 rings (SSSR count). The van der Waals surface area contributed by atoms with Crippen molar-refractivity contribution in [1.29, 1.82) is 0 Å². The molecule has 1 amide bonds. The van der Waals surface area contributed by atoms with Crippen LogP contribution < -0.4 is 10.3 Å². The van der Waals surface area contributed by atoms with Crippen molar-refractivity contribution < 1.29 is 19.4 Å². The molecule has 0 saturated heterocycles. The number of rotatable bonds is 12. The SMILES string of the molecule is COc1cccn(-c2ccc([C@H](OC)[C@@H](C)/C=C/CC(=O)N(CCO)Cc3ccccc3)cc2)c1=O. The van der Waals surface area contributed by atoms with Crippen molar-refractivity contribution >= 4 is 5.91 Å². The van der Waals surface area contributed by atoms with Gasteiger partial charge in [0.25, 0.3) is 5.56 Å². The van der Waals surface area contributed by atoms with E-state index in [1.165, 1.54) is 11.7 Å². The molecule has 2 aromatic carbocycles. The summed E-state index contributed by atoms with van der Waals surface area (Å²) in [6.45, 7) is 2.71. The summed E-state index contributed by atoms with van der Waals surface area (Å²) >= 11 is 0. The Hall–Kier alpha value is -3.68. The molecule has 190 valence electrons. The van der Waals surface area contributed by atoms with Crippen LogP contribution >= 0.6 is 0 Å². The van der Waals surface area contributed by atoms with Gasteiger partial charge in [-0.05, 0) is 35.4 Å². The number of hydrogen-bond donors (Lipinski definition) is 1. The van der Waals surface area contributed by atoms with Crippen molar-refractivity contribution in [2.45, 2.75) is 26.0 Å². The van der Waals surface area contributed by atoms with E-state index in [4.69, 9.17) is 9.47 Å². The van der Waals surface area contributed by atoms with Crippen LogP contribution in [0.4, 0.5) is 0 Å². The van der Waals surface area contributed by atoms with Crippen LogP contribution in [0.3, 0.4) is 0 Å². The monoisotopic (exact) mass is 490 g/mol. The minimum absolute atomic E-state index is 0.00797. The van der Waals surface area contributed by atoms with Gasteiger partial charge in [-0.25, -0.2) is 0 Å². The summed E-state index contributed by atoms with van der Waals surface area (Å²) in [7, 11) is 3.13. The van der Waals surface area contributed by atoms with E-state index in [-0.39, 0.29) is 42.3 Å². The van der Waals surface area contributed by atoms with Crippen molar-refractivity contribution in [2.24, 2.45) is 5.92 Å². The van der Waals surface area contributed by atoms with Gasteiger partial charge in [-0.15, -0.1) is 0 Å². The van der Waals surface area contributed by atoms with E-state index in [0.717, 1.165) is 16.8 Å². The summed E-state index contributed by atoms with van der Waals surface area (Å²) in [6, 6.07) is 20.8. The number of methoxy groups -OCH3 is 2. The van der Waals surface area contributed by atoms with Gasteiger partial charge in [0.15, 0.2) is 5.75 Å². The molecule has 7 heteroatoms. The molecule has 0 unspecified atom stereocenters. The molecule has 0 aliphatic rings. The fraction of sp³-hybridized carbons (Fsp3) is 0.310. The number of carbonyl (C=O) groups is 1. The molecule has 0 saturated carbocycles. The average molecular weight is 491 g/mol. The van der Waals surface area contributed by atoms with E-state index in [0.29, 0.717) is 13.1 Å². The number of pyridine rings is 1. The largest absolute Gasteiger partial charge is 0.491 e. The maximum absolute atomic E-state index is 12.8. The number of aliphatic hydroxyl groups excluding tert-OH is 1. The van der Waals surface area contributed by atoms with E-state index in [1.54, 1.807) is 30.3 Å². The topological polar surface area (TPSA) is 81.0 Å². The lowest BCUT2D eigenvalue weighted by Crippen LogP contribution is -2.32. The van der Waals surface area contributed by atoms with Gasteiger partial charge in [0.1, 0.15) is 0 Å². The van der Waals surface area contributed by atoms with E-state index < -0.39 is 0 Å². The lowest BCUT2D eigenvalue weighted by Gasteiger charge is -2.22. The fourth-order valence-corrected chi connectivity index (χ4v) is 4.14. The van der Waals surface area contributed by atoms with Crippen LogP contribution in [0.1, 0.15) is 30.6 Å². The highest BCUT2D eigenvalue weighted by molar-refractivity contribution is 5.77. The summed E-state index contributed by atoms with van der Waals surface area (Å²) in [4.78, 5) is 26.9. The number of hydrogen-bond acceptors (Lipinski definition) is 5. The predicted molar refractivity (Wildman–Crippen MR) is 140 cm³/mol. The zero-order valence-corrected chi connectivity index (χ0v) is 21.0. The lowest BCUT2D eigenvalue weighted by molar-refractivity contribution is -0.131. The Morgan fingerprint density at radius 3 is 2.42 bits per heavy atom. The number of ether oxygens (including phenoxy) is 2. The molecule has 0 bridgehead atoms. The Kier molecular flexibility index (Phi) is 10.0. The molecule has 0 radical (unpaired) electrons. The second-order valence-electron chi connectivity index (χ2n) is 8.52. The van der Waals surface area contributed by atoms with Crippen LogP contribution in [-0.2, 0) is 16.1 Å². The van der Waals surface area contributed by atoms with Gasteiger partial charge >= 0.3 is 0 Å².